The highest BCUT2D eigenvalue weighted by molar-refractivity contribution is 6.07. The highest BCUT2D eigenvalue weighted by Gasteiger charge is 2.36. The molecule has 0 atom stereocenters. The number of para-hydroxylation sites is 1. The van der Waals surface area contributed by atoms with E-state index in [-0.39, 0.29) is 5.41 Å². The number of furan rings is 1. The fourth-order valence-electron chi connectivity index (χ4n) is 9.28. The zero-order chi connectivity index (χ0) is 37.5. The molecule has 0 unspecified atom stereocenters. The van der Waals surface area contributed by atoms with Crippen molar-refractivity contribution in [2.45, 2.75) is 26.2 Å². The third-order valence-electron chi connectivity index (χ3n) is 12.1. The van der Waals surface area contributed by atoms with Crippen LogP contribution in [0, 0.1) is 6.92 Å². The van der Waals surface area contributed by atoms with Gasteiger partial charge in [0.1, 0.15) is 11.2 Å². The van der Waals surface area contributed by atoms with E-state index in [4.69, 9.17) is 4.42 Å². The van der Waals surface area contributed by atoms with Gasteiger partial charge in [-0.25, -0.2) is 0 Å². The number of benzene rings is 9. The van der Waals surface area contributed by atoms with Crippen LogP contribution in [-0.4, -0.2) is 0 Å². The molecule has 0 bridgehead atoms. The monoisotopic (exact) mass is 717 g/mol. The summed E-state index contributed by atoms with van der Waals surface area (Å²) in [7, 11) is 0. The van der Waals surface area contributed by atoms with Gasteiger partial charge in [-0.1, -0.05) is 135 Å². The van der Waals surface area contributed by atoms with Gasteiger partial charge < -0.3 is 9.32 Å². The average molecular weight is 718 g/mol. The minimum atomic E-state index is -0.146. The Kier molecular flexibility index (Phi) is 7.15. The van der Waals surface area contributed by atoms with Crippen molar-refractivity contribution in [1.29, 1.82) is 0 Å². The minimum Gasteiger partial charge on any atom is -0.456 e. The van der Waals surface area contributed by atoms with E-state index in [1.807, 2.05) is 6.07 Å². The van der Waals surface area contributed by atoms with Gasteiger partial charge in [0.2, 0.25) is 0 Å². The number of hydrogen-bond donors (Lipinski definition) is 0. The largest absolute Gasteiger partial charge is 0.456 e. The van der Waals surface area contributed by atoms with Crippen LogP contribution in [0.5, 0.6) is 0 Å². The summed E-state index contributed by atoms with van der Waals surface area (Å²) in [5.74, 6) is 0. The Morgan fingerprint density at radius 3 is 1.82 bits per heavy atom. The molecule has 1 aromatic heterocycles. The maximum absolute atomic E-state index is 6.54. The van der Waals surface area contributed by atoms with Gasteiger partial charge in [0.15, 0.2) is 0 Å². The lowest BCUT2D eigenvalue weighted by molar-refractivity contribution is 0.660. The van der Waals surface area contributed by atoms with Gasteiger partial charge in [-0.2, -0.15) is 0 Å². The smallest absolute Gasteiger partial charge is 0.137 e. The summed E-state index contributed by atoms with van der Waals surface area (Å²) in [5, 5.41) is 7.18. The zero-order valence-electron chi connectivity index (χ0n) is 31.7. The number of fused-ring (bicyclic) bond motifs is 8. The van der Waals surface area contributed by atoms with Crippen molar-refractivity contribution >= 4 is 60.5 Å². The van der Waals surface area contributed by atoms with Gasteiger partial charge in [-0.3, -0.25) is 0 Å². The molecule has 9 aromatic carbocycles. The van der Waals surface area contributed by atoms with Crippen LogP contribution < -0.4 is 4.90 Å². The van der Waals surface area contributed by atoms with Gasteiger partial charge in [-0.15, -0.1) is 0 Å². The number of hydrogen-bond acceptors (Lipinski definition) is 2. The standard InChI is InChI=1S/C54H39NO/c1-34-28-41(39-22-20-35-12-4-6-14-37(35)29-39)31-48(40-23-21-36-13-5-7-15-38(36)30-40)53(34)55(43-25-27-47-46-17-9-11-19-51(46)56-52(47)33-43)42-24-26-45-44-16-8-10-18-49(44)54(2,3)50(45)32-42/h4-33H,1-3H3. The van der Waals surface area contributed by atoms with Crippen molar-refractivity contribution in [2.75, 3.05) is 4.90 Å². The van der Waals surface area contributed by atoms with E-state index < -0.39 is 0 Å². The van der Waals surface area contributed by atoms with E-state index in [1.165, 1.54) is 71.6 Å². The molecule has 1 aliphatic carbocycles. The quantitative estimate of drug-likeness (QED) is 0.176. The Hall–Kier alpha value is -6.90. The predicted molar refractivity (Wildman–Crippen MR) is 237 cm³/mol. The van der Waals surface area contributed by atoms with Crippen LogP contribution in [0.2, 0.25) is 0 Å². The van der Waals surface area contributed by atoms with Crippen molar-refractivity contribution in [2.24, 2.45) is 0 Å². The lowest BCUT2D eigenvalue weighted by Crippen LogP contribution is -2.17. The Morgan fingerprint density at radius 2 is 1.02 bits per heavy atom. The lowest BCUT2D eigenvalue weighted by Gasteiger charge is -2.31. The number of nitrogens with zero attached hydrogens (tertiary/aromatic N) is 1. The first-order valence-corrected chi connectivity index (χ1v) is 19.5. The number of aryl methyl sites for hydroxylation is 1. The van der Waals surface area contributed by atoms with Gasteiger partial charge >= 0.3 is 0 Å². The second-order valence-corrected chi connectivity index (χ2v) is 15.8. The Balaban J connectivity index is 1.19. The van der Waals surface area contributed by atoms with E-state index in [0.717, 1.165) is 39.0 Å². The number of rotatable bonds is 5. The van der Waals surface area contributed by atoms with Crippen LogP contribution in [0.3, 0.4) is 0 Å². The van der Waals surface area contributed by atoms with Crippen LogP contribution >= 0.6 is 0 Å². The minimum absolute atomic E-state index is 0.146. The first-order chi connectivity index (χ1) is 27.4. The van der Waals surface area contributed by atoms with Crippen LogP contribution in [0.15, 0.2) is 186 Å². The van der Waals surface area contributed by atoms with E-state index in [1.54, 1.807) is 0 Å². The van der Waals surface area contributed by atoms with Gasteiger partial charge in [0.05, 0.1) is 5.69 Å². The summed E-state index contributed by atoms with van der Waals surface area (Å²) in [6, 6.07) is 66.7. The molecule has 10 aromatic rings. The normalized spacial score (nSPS) is 13.1. The SMILES string of the molecule is Cc1cc(-c2ccc3ccccc3c2)cc(-c2ccc3ccccc3c2)c1N(c1ccc2c(c1)C(C)(C)c1ccccc1-2)c1ccc2c(c1)oc1ccccc12. The lowest BCUT2D eigenvalue weighted by atomic mass is 9.82. The van der Waals surface area contributed by atoms with Gasteiger partial charge in [-0.05, 0) is 128 Å². The average Bonchev–Trinajstić information content (AvgIpc) is 3.72. The molecule has 0 amide bonds. The van der Waals surface area contributed by atoms with Crippen molar-refractivity contribution in [3.05, 3.63) is 199 Å². The molecule has 0 saturated carbocycles. The second-order valence-electron chi connectivity index (χ2n) is 15.8. The predicted octanol–water partition coefficient (Wildman–Crippen LogP) is 15.3. The molecule has 266 valence electrons. The molecule has 56 heavy (non-hydrogen) atoms. The molecule has 1 aliphatic rings. The summed E-state index contributed by atoms with van der Waals surface area (Å²) in [4.78, 5) is 2.47. The molecule has 0 saturated heterocycles. The molecule has 0 aliphatic heterocycles. The third kappa shape index (κ3) is 5.03. The van der Waals surface area contributed by atoms with Gasteiger partial charge in [0.25, 0.3) is 0 Å². The third-order valence-corrected chi connectivity index (χ3v) is 12.1. The van der Waals surface area contributed by atoms with Gasteiger partial charge in [0, 0.05) is 39.2 Å². The molecule has 0 N–H and O–H groups in total. The summed E-state index contributed by atoms with van der Waals surface area (Å²) >= 11 is 0. The molecule has 0 radical (unpaired) electrons. The highest BCUT2D eigenvalue weighted by Crippen LogP contribution is 2.52. The first-order valence-electron chi connectivity index (χ1n) is 19.5. The van der Waals surface area contributed by atoms with Crippen molar-refractivity contribution < 1.29 is 4.42 Å². The fraction of sp³-hybridized carbons (Fsp3) is 0.0741. The zero-order valence-corrected chi connectivity index (χ0v) is 31.7. The second kappa shape index (κ2) is 12.3. The van der Waals surface area contributed by atoms with Crippen LogP contribution in [-0.2, 0) is 5.41 Å². The van der Waals surface area contributed by atoms with E-state index >= 15 is 0 Å². The first kappa shape index (κ1) is 32.5. The van der Waals surface area contributed by atoms with E-state index in [2.05, 4.69) is 202 Å². The topological polar surface area (TPSA) is 16.4 Å². The molecule has 2 nitrogen and oxygen atoms in total. The summed E-state index contributed by atoms with van der Waals surface area (Å²) < 4.78 is 6.54. The van der Waals surface area contributed by atoms with Crippen molar-refractivity contribution in [3.63, 3.8) is 0 Å². The molecule has 0 spiro atoms. The van der Waals surface area contributed by atoms with Crippen molar-refractivity contribution in [1.82, 2.24) is 0 Å². The molecule has 1 heterocycles. The summed E-state index contributed by atoms with van der Waals surface area (Å²) in [5.41, 5.74) is 16.2. The summed E-state index contributed by atoms with van der Waals surface area (Å²) in [6.07, 6.45) is 0. The van der Waals surface area contributed by atoms with Crippen molar-refractivity contribution in [3.8, 4) is 33.4 Å². The van der Waals surface area contributed by atoms with E-state index in [0.29, 0.717) is 0 Å². The molecular formula is C54H39NO. The maximum atomic E-state index is 6.54. The molecule has 2 heteroatoms. The Labute approximate surface area is 326 Å². The fourth-order valence-corrected chi connectivity index (χ4v) is 9.28. The highest BCUT2D eigenvalue weighted by atomic mass is 16.3. The maximum Gasteiger partial charge on any atom is 0.137 e. The van der Waals surface area contributed by atoms with Crippen LogP contribution in [0.4, 0.5) is 17.1 Å². The van der Waals surface area contributed by atoms with Crippen LogP contribution in [0.25, 0.3) is 76.9 Å². The summed E-state index contributed by atoms with van der Waals surface area (Å²) in [6.45, 7) is 6.98. The Bertz CT molecular complexity index is 3200. The van der Waals surface area contributed by atoms with E-state index in [9.17, 15) is 0 Å². The molecule has 0 fully saturated rings. The van der Waals surface area contributed by atoms with Crippen LogP contribution in [0.1, 0.15) is 30.5 Å². The molecule has 11 rings (SSSR count). The Morgan fingerprint density at radius 1 is 0.411 bits per heavy atom. The number of anilines is 3. The molecular weight excluding hydrogens is 679 g/mol.